The van der Waals surface area contributed by atoms with Crippen molar-refractivity contribution in [2.45, 2.75) is 0 Å². The van der Waals surface area contributed by atoms with E-state index in [1.54, 1.807) is 0 Å². The van der Waals surface area contributed by atoms with Gasteiger partial charge in [0.05, 0.1) is 17.1 Å². The molecular weight excluding hydrogens is 526 g/mol. The highest BCUT2D eigenvalue weighted by Crippen LogP contribution is 2.48. The van der Waals surface area contributed by atoms with Gasteiger partial charge in [0.15, 0.2) is 11.2 Å². The molecule has 0 aliphatic heterocycles. The van der Waals surface area contributed by atoms with Gasteiger partial charge in [-0.15, -0.1) is 0 Å². The second-order valence-corrected chi connectivity index (χ2v) is 10.9. The van der Waals surface area contributed by atoms with Crippen molar-refractivity contribution >= 4 is 71.7 Å². The van der Waals surface area contributed by atoms with Gasteiger partial charge < -0.3 is 13.7 Å². The van der Waals surface area contributed by atoms with Gasteiger partial charge in [0.1, 0.15) is 11.2 Å². The molecule has 2 heterocycles. The lowest BCUT2D eigenvalue weighted by Gasteiger charge is -2.27. The predicted octanol–water partition coefficient (Wildman–Crippen LogP) is 11.8. The first-order valence-corrected chi connectivity index (χ1v) is 14.5. The molecule has 3 heteroatoms. The number of furan rings is 2. The van der Waals surface area contributed by atoms with Crippen molar-refractivity contribution in [1.29, 1.82) is 0 Å². The lowest BCUT2D eigenvalue weighted by molar-refractivity contribution is 0.667. The molecule has 3 nitrogen and oxygen atoms in total. The van der Waals surface area contributed by atoms with Gasteiger partial charge in [-0.1, -0.05) is 121 Å². The average Bonchev–Trinajstić information content (AvgIpc) is 3.65. The molecule has 0 bridgehead atoms. The van der Waals surface area contributed by atoms with E-state index in [4.69, 9.17) is 8.83 Å². The lowest BCUT2D eigenvalue weighted by atomic mass is 10.0. The first-order valence-electron chi connectivity index (χ1n) is 14.5. The van der Waals surface area contributed by atoms with Crippen LogP contribution in [0.2, 0.25) is 0 Å². The molecule has 0 aliphatic carbocycles. The topological polar surface area (TPSA) is 29.5 Å². The molecular formula is C40H25NO2. The van der Waals surface area contributed by atoms with Gasteiger partial charge in [-0.3, -0.25) is 0 Å². The third-order valence-electron chi connectivity index (χ3n) is 8.46. The summed E-state index contributed by atoms with van der Waals surface area (Å²) < 4.78 is 13.5. The van der Waals surface area contributed by atoms with Crippen LogP contribution in [-0.2, 0) is 0 Å². The van der Waals surface area contributed by atoms with Crippen LogP contribution in [0.15, 0.2) is 160 Å². The maximum absolute atomic E-state index is 6.87. The van der Waals surface area contributed by atoms with E-state index in [2.05, 4.69) is 144 Å². The Morgan fingerprint density at radius 1 is 0.349 bits per heavy atom. The Labute approximate surface area is 247 Å². The molecule has 43 heavy (non-hydrogen) atoms. The minimum atomic E-state index is 0.838. The summed E-state index contributed by atoms with van der Waals surface area (Å²) in [5.74, 6) is 0. The van der Waals surface area contributed by atoms with Gasteiger partial charge >= 0.3 is 0 Å². The molecule has 0 aliphatic rings. The fraction of sp³-hybridized carbons (Fsp3) is 0. The van der Waals surface area contributed by atoms with Crippen molar-refractivity contribution in [2.24, 2.45) is 0 Å². The molecule has 0 radical (unpaired) electrons. The summed E-state index contributed by atoms with van der Waals surface area (Å²) in [6.07, 6.45) is 0. The van der Waals surface area contributed by atoms with Gasteiger partial charge in [0.25, 0.3) is 0 Å². The average molecular weight is 552 g/mol. The molecule has 0 N–H and O–H groups in total. The molecule has 0 unspecified atom stereocenters. The van der Waals surface area contributed by atoms with E-state index in [9.17, 15) is 0 Å². The Kier molecular flexibility index (Phi) is 5.20. The maximum Gasteiger partial charge on any atom is 0.159 e. The number of rotatable bonds is 4. The summed E-state index contributed by atoms with van der Waals surface area (Å²) in [5, 5.41) is 6.64. The molecule has 0 saturated carbocycles. The number of nitrogens with zero attached hydrogens (tertiary/aromatic N) is 1. The molecule has 2 aromatic heterocycles. The van der Waals surface area contributed by atoms with Crippen LogP contribution >= 0.6 is 0 Å². The first-order chi connectivity index (χ1) is 21.3. The van der Waals surface area contributed by atoms with E-state index in [0.29, 0.717) is 0 Å². The third kappa shape index (κ3) is 3.62. The Hall–Kier alpha value is -5.80. The van der Waals surface area contributed by atoms with Crippen molar-refractivity contribution in [3.8, 4) is 11.1 Å². The Balaban J connectivity index is 1.40. The second kappa shape index (κ2) is 9.37. The smallest absolute Gasteiger partial charge is 0.159 e. The van der Waals surface area contributed by atoms with E-state index in [1.807, 2.05) is 12.1 Å². The molecule has 202 valence electrons. The largest absolute Gasteiger partial charge is 0.454 e. The van der Waals surface area contributed by atoms with Gasteiger partial charge in [-0.25, -0.2) is 0 Å². The molecule has 7 aromatic carbocycles. The van der Waals surface area contributed by atoms with Crippen molar-refractivity contribution in [2.75, 3.05) is 4.90 Å². The highest BCUT2D eigenvalue weighted by atomic mass is 16.3. The fourth-order valence-electron chi connectivity index (χ4n) is 6.52. The van der Waals surface area contributed by atoms with E-state index < -0.39 is 0 Å². The normalized spacial score (nSPS) is 11.7. The van der Waals surface area contributed by atoms with E-state index >= 15 is 0 Å². The number of hydrogen-bond donors (Lipinski definition) is 0. The number of hydrogen-bond acceptors (Lipinski definition) is 3. The van der Waals surface area contributed by atoms with Crippen molar-refractivity contribution in [3.63, 3.8) is 0 Å². The number of anilines is 3. The fourth-order valence-corrected chi connectivity index (χ4v) is 6.52. The zero-order valence-corrected chi connectivity index (χ0v) is 23.2. The van der Waals surface area contributed by atoms with E-state index in [0.717, 1.165) is 82.8 Å². The lowest BCUT2D eigenvalue weighted by Crippen LogP contribution is -2.11. The van der Waals surface area contributed by atoms with Crippen LogP contribution in [0.4, 0.5) is 17.1 Å². The van der Waals surface area contributed by atoms with E-state index in [1.165, 1.54) is 0 Å². The van der Waals surface area contributed by atoms with Crippen LogP contribution < -0.4 is 4.90 Å². The summed E-state index contributed by atoms with van der Waals surface area (Å²) >= 11 is 0. The summed E-state index contributed by atoms with van der Waals surface area (Å²) in [4.78, 5) is 2.31. The maximum atomic E-state index is 6.87. The number of benzene rings is 7. The molecule has 0 fully saturated rings. The Morgan fingerprint density at radius 3 is 1.77 bits per heavy atom. The van der Waals surface area contributed by atoms with Gasteiger partial charge in [-0.05, 0) is 41.3 Å². The molecule has 9 rings (SSSR count). The van der Waals surface area contributed by atoms with Crippen LogP contribution in [0.5, 0.6) is 0 Å². The molecule has 0 saturated heterocycles. The SMILES string of the molecule is c1ccc(-c2ccccc2N(c2cccc3c2oc2ccccc23)c2cccc3c2oc2c4ccccc4ccc32)cc1. The summed E-state index contributed by atoms with van der Waals surface area (Å²) in [6.45, 7) is 0. The Morgan fingerprint density at radius 2 is 0.930 bits per heavy atom. The minimum Gasteiger partial charge on any atom is -0.454 e. The highest BCUT2D eigenvalue weighted by molar-refractivity contribution is 6.18. The van der Waals surface area contributed by atoms with Gasteiger partial charge in [-0.2, -0.15) is 0 Å². The Bertz CT molecular complexity index is 2470. The van der Waals surface area contributed by atoms with Gasteiger partial charge in [0, 0.05) is 32.5 Å². The summed E-state index contributed by atoms with van der Waals surface area (Å²) in [7, 11) is 0. The van der Waals surface area contributed by atoms with Crippen LogP contribution in [0.25, 0.3) is 65.8 Å². The van der Waals surface area contributed by atoms with E-state index in [-0.39, 0.29) is 0 Å². The van der Waals surface area contributed by atoms with Crippen LogP contribution in [0.3, 0.4) is 0 Å². The van der Waals surface area contributed by atoms with Crippen molar-refractivity contribution in [1.82, 2.24) is 0 Å². The first kappa shape index (κ1) is 23.9. The number of para-hydroxylation sites is 4. The molecule has 9 aromatic rings. The van der Waals surface area contributed by atoms with Crippen molar-refractivity contribution < 1.29 is 8.83 Å². The molecule has 0 amide bonds. The highest BCUT2D eigenvalue weighted by Gasteiger charge is 2.25. The number of fused-ring (bicyclic) bond motifs is 8. The molecule has 0 atom stereocenters. The van der Waals surface area contributed by atoms with Crippen LogP contribution in [0, 0.1) is 0 Å². The predicted molar refractivity (Wildman–Crippen MR) is 179 cm³/mol. The molecule has 0 spiro atoms. The monoisotopic (exact) mass is 551 g/mol. The minimum absolute atomic E-state index is 0.838. The van der Waals surface area contributed by atoms with Gasteiger partial charge in [0.2, 0.25) is 0 Å². The summed E-state index contributed by atoms with van der Waals surface area (Å²) in [6, 6.07) is 52.9. The quantitative estimate of drug-likeness (QED) is 0.218. The third-order valence-corrected chi connectivity index (χ3v) is 8.46. The summed E-state index contributed by atoms with van der Waals surface area (Å²) in [5.41, 5.74) is 8.66. The zero-order valence-electron chi connectivity index (χ0n) is 23.2. The van der Waals surface area contributed by atoms with Crippen LogP contribution in [-0.4, -0.2) is 0 Å². The zero-order chi connectivity index (χ0) is 28.3. The second-order valence-electron chi connectivity index (χ2n) is 10.9. The standard InChI is InChI=1S/C40H25NO2/c1-2-12-26(13-3-1)28-15-6-8-20-34(28)41(35-21-10-18-31-30-17-7-9-23-37(30)42-39(31)35)36-22-11-19-32-33-25-24-27-14-4-5-16-29(27)38(33)43-40(32)36/h1-25H. The van der Waals surface area contributed by atoms with Crippen molar-refractivity contribution in [3.05, 3.63) is 152 Å². The van der Waals surface area contributed by atoms with Crippen LogP contribution in [0.1, 0.15) is 0 Å².